The summed E-state index contributed by atoms with van der Waals surface area (Å²) in [5.74, 6) is 1.32. The van der Waals surface area contributed by atoms with Gasteiger partial charge in [-0.3, -0.25) is 0 Å². The second kappa shape index (κ2) is 9.19. The Morgan fingerprint density at radius 2 is 1.21 bits per heavy atom. The lowest BCUT2D eigenvalue weighted by molar-refractivity contribution is 0.415. The van der Waals surface area contributed by atoms with Gasteiger partial charge in [0.15, 0.2) is 0 Å². The molecule has 0 aliphatic heterocycles. The van der Waals surface area contributed by atoms with Gasteiger partial charge in [-0.15, -0.1) is 0 Å². The Bertz CT molecular complexity index is 1960. The minimum absolute atomic E-state index is 0.260. The molecule has 38 heavy (non-hydrogen) atoms. The Balaban J connectivity index is 1.86. The number of benzene rings is 6. The van der Waals surface area contributed by atoms with Crippen molar-refractivity contribution in [3.63, 3.8) is 0 Å². The van der Waals surface area contributed by atoms with E-state index in [1.165, 1.54) is 0 Å². The van der Waals surface area contributed by atoms with E-state index in [-0.39, 0.29) is 9.79 Å². The summed E-state index contributed by atoms with van der Waals surface area (Å²) in [5.41, 5.74) is 2.89. The lowest BCUT2D eigenvalue weighted by atomic mass is 9.90. The second-order valence-corrected chi connectivity index (χ2v) is 11.3. The van der Waals surface area contributed by atoms with Gasteiger partial charge in [0.25, 0.3) is 0 Å². The first kappa shape index (κ1) is 24.0. The predicted molar refractivity (Wildman–Crippen MR) is 154 cm³/mol. The molecule has 0 aromatic heterocycles. The summed E-state index contributed by atoms with van der Waals surface area (Å²) >= 11 is 0. The fourth-order valence-corrected chi connectivity index (χ4v) is 6.84. The number of rotatable bonds is 5. The molecule has 188 valence electrons. The highest BCUT2D eigenvalue weighted by atomic mass is 32.2. The van der Waals surface area contributed by atoms with Gasteiger partial charge in [-0.2, -0.15) is 0 Å². The van der Waals surface area contributed by atoms with Gasteiger partial charge in [-0.25, -0.2) is 8.42 Å². The third kappa shape index (κ3) is 3.87. The van der Waals surface area contributed by atoms with E-state index < -0.39 is 9.84 Å². The largest absolute Gasteiger partial charge is 0.497 e. The van der Waals surface area contributed by atoms with Crippen molar-refractivity contribution < 1.29 is 17.9 Å². The van der Waals surface area contributed by atoms with Crippen molar-refractivity contribution in [3.8, 4) is 22.6 Å². The van der Waals surface area contributed by atoms with Gasteiger partial charge in [0.2, 0.25) is 9.84 Å². The summed E-state index contributed by atoms with van der Waals surface area (Å²) < 4.78 is 39.9. The maximum absolute atomic E-state index is 14.4. The van der Waals surface area contributed by atoms with Crippen LogP contribution in [-0.2, 0) is 9.84 Å². The van der Waals surface area contributed by atoms with Crippen molar-refractivity contribution in [1.29, 1.82) is 0 Å². The molecule has 0 N–H and O–H groups in total. The lowest BCUT2D eigenvalue weighted by Crippen LogP contribution is -2.05. The smallest absolute Gasteiger partial charge is 0.207 e. The zero-order valence-corrected chi connectivity index (χ0v) is 22.2. The van der Waals surface area contributed by atoms with Crippen molar-refractivity contribution in [2.75, 3.05) is 14.2 Å². The van der Waals surface area contributed by atoms with E-state index in [1.807, 2.05) is 85.8 Å². The van der Waals surface area contributed by atoms with Crippen molar-refractivity contribution >= 4 is 42.2 Å². The van der Waals surface area contributed by atoms with E-state index in [0.29, 0.717) is 16.5 Å². The molecule has 0 heterocycles. The molecule has 0 radical (unpaired) electrons. The SMILES string of the molecule is COc1cccc(-c2c3ccc(OC)cc3c(S(=O)(=O)c3ccc(C)cc3)c3cc4ccccc4cc23)c1. The van der Waals surface area contributed by atoms with Gasteiger partial charge in [-0.1, -0.05) is 60.2 Å². The maximum atomic E-state index is 14.4. The molecule has 0 saturated heterocycles. The first-order valence-electron chi connectivity index (χ1n) is 12.3. The molecule has 0 unspecified atom stereocenters. The van der Waals surface area contributed by atoms with Crippen LogP contribution in [0.2, 0.25) is 0 Å². The molecule has 5 heteroatoms. The third-order valence-electron chi connectivity index (χ3n) is 7.10. The summed E-state index contributed by atoms with van der Waals surface area (Å²) in [4.78, 5) is 0.540. The molecule has 0 aliphatic carbocycles. The van der Waals surface area contributed by atoms with Crippen LogP contribution >= 0.6 is 0 Å². The van der Waals surface area contributed by atoms with Gasteiger partial charge < -0.3 is 9.47 Å². The molecule has 6 rings (SSSR count). The molecule has 0 amide bonds. The number of fused-ring (bicyclic) bond motifs is 3. The molecule has 6 aromatic carbocycles. The average molecular weight is 519 g/mol. The molecule has 0 aliphatic rings. The van der Waals surface area contributed by atoms with Crippen LogP contribution in [-0.4, -0.2) is 22.6 Å². The van der Waals surface area contributed by atoms with Gasteiger partial charge in [-0.05, 0) is 88.1 Å². The summed E-state index contributed by atoms with van der Waals surface area (Å²) in [5, 5.41) is 4.98. The monoisotopic (exact) mass is 518 g/mol. The molecular weight excluding hydrogens is 492 g/mol. The lowest BCUT2D eigenvalue weighted by Gasteiger charge is -2.19. The topological polar surface area (TPSA) is 52.6 Å². The number of hydrogen-bond acceptors (Lipinski definition) is 4. The van der Waals surface area contributed by atoms with Crippen LogP contribution in [0.1, 0.15) is 5.56 Å². The zero-order chi connectivity index (χ0) is 26.4. The van der Waals surface area contributed by atoms with E-state index >= 15 is 0 Å². The number of aryl methyl sites for hydroxylation is 1. The normalized spacial score (nSPS) is 11.8. The van der Waals surface area contributed by atoms with Crippen molar-refractivity contribution in [1.82, 2.24) is 0 Å². The fourth-order valence-electron chi connectivity index (χ4n) is 5.20. The minimum atomic E-state index is -3.89. The van der Waals surface area contributed by atoms with Crippen LogP contribution in [0, 0.1) is 6.92 Å². The molecule has 0 fully saturated rings. The van der Waals surface area contributed by atoms with Gasteiger partial charge in [0, 0.05) is 10.8 Å². The number of ether oxygens (including phenoxy) is 2. The third-order valence-corrected chi connectivity index (χ3v) is 8.97. The van der Waals surface area contributed by atoms with E-state index in [0.717, 1.165) is 44.0 Å². The molecular formula is C33H26O4S. The van der Waals surface area contributed by atoms with Crippen LogP contribution in [0.15, 0.2) is 113 Å². The fraction of sp³-hybridized carbons (Fsp3) is 0.0909. The van der Waals surface area contributed by atoms with Crippen LogP contribution in [0.3, 0.4) is 0 Å². The molecule has 0 bridgehead atoms. The highest BCUT2D eigenvalue weighted by molar-refractivity contribution is 7.92. The van der Waals surface area contributed by atoms with Crippen molar-refractivity contribution in [2.45, 2.75) is 16.7 Å². The van der Waals surface area contributed by atoms with E-state index in [1.54, 1.807) is 26.4 Å². The van der Waals surface area contributed by atoms with E-state index in [2.05, 4.69) is 12.1 Å². The number of hydrogen-bond donors (Lipinski definition) is 0. The Labute approximate surface area is 222 Å². The maximum Gasteiger partial charge on any atom is 0.207 e. The first-order valence-corrected chi connectivity index (χ1v) is 13.8. The molecule has 0 atom stereocenters. The summed E-state index contributed by atoms with van der Waals surface area (Å²) in [6.45, 7) is 1.95. The van der Waals surface area contributed by atoms with E-state index in [9.17, 15) is 8.42 Å². The Morgan fingerprint density at radius 3 is 1.89 bits per heavy atom. The first-order chi connectivity index (χ1) is 18.4. The van der Waals surface area contributed by atoms with Crippen LogP contribution in [0.25, 0.3) is 43.4 Å². The number of methoxy groups -OCH3 is 2. The zero-order valence-electron chi connectivity index (χ0n) is 21.4. The van der Waals surface area contributed by atoms with E-state index in [4.69, 9.17) is 9.47 Å². The van der Waals surface area contributed by atoms with Crippen LogP contribution in [0.4, 0.5) is 0 Å². The Morgan fingerprint density at radius 1 is 0.579 bits per heavy atom. The highest BCUT2D eigenvalue weighted by Gasteiger charge is 2.27. The molecule has 0 spiro atoms. The van der Waals surface area contributed by atoms with Gasteiger partial charge in [0.1, 0.15) is 11.5 Å². The number of sulfone groups is 1. The van der Waals surface area contributed by atoms with Gasteiger partial charge in [0.05, 0.1) is 24.0 Å². The quantitative estimate of drug-likeness (QED) is 0.217. The van der Waals surface area contributed by atoms with Gasteiger partial charge >= 0.3 is 0 Å². The summed E-state index contributed by atoms with van der Waals surface area (Å²) in [7, 11) is -0.661. The predicted octanol–water partition coefficient (Wildman–Crippen LogP) is 7.97. The minimum Gasteiger partial charge on any atom is -0.497 e. The Kier molecular flexibility index (Phi) is 5.81. The van der Waals surface area contributed by atoms with Crippen LogP contribution in [0.5, 0.6) is 11.5 Å². The Hall–Kier alpha value is -4.35. The van der Waals surface area contributed by atoms with Crippen LogP contribution < -0.4 is 9.47 Å². The molecule has 6 aromatic rings. The summed E-state index contributed by atoms with van der Waals surface area (Å²) in [6, 6.07) is 32.7. The average Bonchev–Trinajstić information content (AvgIpc) is 2.94. The molecule has 0 saturated carbocycles. The van der Waals surface area contributed by atoms with Crippen molar-refractivity contribution in [2.24, 2.45) is 0 Å². The second-order valence-electron chi connectivity index (χ2n) is 9.41. The summed E-state index contributed by atoms with van der Waals surface area (Å²) in [6.07, 6.45) is 0. The standard InChI is InChI=1S/C33H26O4S/c1-21-11-14-27(15-12-21)38(34,35)33-30-19-23-8-5-4-7-22(23)18-29(30)32(24-9-6-10-25(17-24)36-2)28-16-13-26(37-3)20-31(28)33/h4-20H,1-3H3. The van der Waals surface area contributed by atoms with Crippen molar-refractivity contribution in [3.05, 3.63) is 109 Å². The molecule has 4 nitrogen and oxygen atoms in total. The highest BCUT2D eigenvalue weighted by Crippen LogP contribution is 2.45.